The van der Waals surface area contributed by atoms with Crippen LogP contribution in [0.5, 0.6) is 0 Å². The molecule has 0 fully saturated rings. The predicted molar refractivity (Wildman–Crippen MR) is 59.2 cm³/mol. The maximum atomic E-state index is 5.92. The molecule has 3 nitrogen and oxygen atoms in total. The molecule has 14 heavy (non-hydrogen) atoms. The average Bonchev–Trinajstić information content (AvgIpc) is 2.46. The molecule has 80 valence electrons. The first-order valence-corrected chi connectivity index (χ1v) is 5.21. The molecular formula is C11H21N3. The summed E-state index contributed by atoms with van der Waals surface area (Å²) in [7, 11) is 0. The van der Waals surface area contributed by atoms with Crippen molar-refractivity contribution in [3.63, 3.8) is 0 Å². The minimum Gasteiger partial charge on any atom is -0.323 e. The molecule has 0 aliphatic heterocycles. The van der Waals surface area contributed by atoms with Gasteiger partial charge in [-0.05, 0) is 40.2 Å². The van der Waals surface area contributed by atoms with Gasteiger partial charge in [0.25, 0.3) is 0 Å². The molecule has 0 aliphatic carbocycles. The molecule has 1 rings (SSSR count). The highest BCUT2D eigenvalue weighted by molar-refractivity contribution is 5.15. The highest BCUT2D eigenvalue weighted by atomic mass is 15.3. The monoisotopic (exact) mass is 195 g/mol. The van der Waals surface area contributed by atoms with Gasteiger partial charge in [0.1, 0.15) is 0 Å². The van der Waals surface area contributed by atoms with Crippen molar-refractivity contribution >= 4 is 0 Å². The van der Waals surface area contributed by atoms with Crippen molar-refractivity contribution in [1.82, 2.24) is 9.78 Å². The second-order valence-electron chi connectivity index (χ2n) is 4.79. The van der Waals surface area contributed by atoms with Gasteiger partial charge in [0, 0.05) is 6.04 Å². The molecule has 1 atom stereocenters. The quantitative estimate of drug-likeness (QED) is 0.786. The highest BCUT2D eigenvalue weighted by Gasteiger charge is 2.20. The summed E-state index contributed by atoms with van der Waals surface area (Å²) in [6.07, 6.45) is 0.961. The summed E-state index contributed by atoms with van der Waals surface area (Å²) < 4.78 is 2.04. The van der Waals surface area contributed by atoms with E-state index in [1.165, 1.54) is 0 Å². The van der Waals surface area contributed by atoms with E-state index in [9.17, 15) is 0 Å². The molecule has 1 aromatic rings. The normalized spacial score (nSPS) is 14.4. The topological polar surface area (TPSA) is 43.8 Å². The van der Waals surface area contributed by atoms with Gasteiger partial charge in [-0.1, -0.05) is 6.92 Å². The van der Waals surface area contributed by atoms with Crippen LogP contribution in [0.1, 0.15) is 52.0 Å². The smallest absolute Gasteiger partial charge is 0.0625 e. The molecule has 0 spiro atoms. The first-order valence-electron chi connectivity index (χ1n) is 5.21. The Hall–Kier alpha value is -0.830. The van der Waals surface area contributed by atoms with Crippen molar-refractivity contribution in [2.45, 2.75) is 52.6 Å². The summed E-state index contributed by atoms with van der Waals surface area (Å²) in [5.41, 5.74) is 8.17. The van der Waals surface area contributed by atoms with Crippen LogP contribution in [-0.4, -0.2) is 9.78 Å². The zero-order valence-corrected chi connectivity index (χ0v) is 9.83. The molecular weight excluding hydrogens is 174 g/mol. The van der Waals surface area contributed by atoms with Crippen molar-refractivity contribution in [2.75, 3.05) is 0 Å². The van der Waals surface area contributed by atoms with Gasteiger partial charge in [-0.2, -0.15) is 5.10 Å². The third-order valence-corrected chi connectivity index (χ3v) is 2.25. The zero-order valence-electron chi connectivity index (χ0n) is 9.83. The number of rotatable bonds is 2. The van der Waals surface area contributed by atoms with Crippen LogP contribution >= 0.6 is 0 Å². The van der Waals surface area contributed by atoms with E-state index in [1.54, 1.807) is 0 Å². The first kappa shape index (κ1) is 11.2. The molecule has 1 unspecified atom stereocenters. The maximum Gasteiger partial charge on any atom is 0.0625 e. The SMILES string of the molecule is CCc1cc(C(C)N)n(C(C)(C)C)n1. The summed E-state index contributed by atoms with van der Waals surface area (Å²) in [6, 6.07) is 2.15. The lowest BCUT2D eigenvalue weighted by atomic mass is 10.1. The van der Waals surface area contributed by atoms with Crippen LogP contribution in [0.25, 0.3) is 0 Å². The Morgan fingerprint density at radius 3 is 2.36 bits per heavy atom. The van der Waals surface area contributed by atoms with E-state index in [0.29, 0.717) is 0 Å². The van der Waals surface area contributed by atoms with Crippen molar-refractivity contribution in [3.8, 4) is 0 Å². The third-order valence-electron chi connectivity index (χ3n) is 2.25. The average molecular weight is 195 g/mol. The van der Waals surface area contributed by atoms with Gasteiger partial charge in [0.2, 0.25) is 0 Å². The van der Waals surface area contributed by atoms with Gasteiger partial charge < -0.3 is 5.73 Å². The maximum absolute atomic E-state index is 5.92. The number of hydrogen-bond donors (Lipinski definition) is 1. The first-order chi connectivity index (χ1) is 6.36. The van der Waals surface area contributed by atoms with Crippen molar-refractivity contribution in [2.24, 2.45) is 5.73 Å². The van der Waals surface area contributed by atoms with Crippen LogP contribution in [-0.2, 0) is 12.0 Å². The van der Waals surface area contributed by atoms with E-state index < -0.39 is 0 Å². The zero-order chi connectivity index (χ0) is 10.9. The van der Waals surface area contributed by atoms with Crippen LogP contribution in [0.2, 0.25) is 0 Å². The molecule has 0 amide bonds. The van der Waals surface area contributed by atoms with E-state index in [4.69, 9.17) is 5.73 Å². The Morgan fingerprint density at radius 2 is 2.07 bits per heavy atom. The van der Waals surface area contributed by atoms with Gasteiger partial charge in [-0.3, -0.25) is 4.68 Å². The fourth-order valence-corrected chi connectivity index (χ4v) is 1.48. The lowest BCUT2D eigenvalue weighted by molar-refractivity contribution is 0.336. The molecule has 1 aromatic heterocycles. The minimum absolute atomic E-state index is 0.0103. The Bertz CT molecular complexity index is 305. The largest absolute Gasteiger partial charge is 0.323 e. The van der Waals surface area contributed by atoms with E-state index in [-0.39, 0.29) is 11.6 Å². The van der Waals surface area contributed by atoms with Crippen LogP contribution in [0.4, 0.5) is 0 Å². The molecule has 0 saturated carbocycles. The molecule has 1 heterocycles. The Balaban J connectivity index is 3.19. The van der Waals surface area contributed by atoms with E-state index in [0.717, 1.165) is 17.8 Å². The summed E-state index contributed by atoms with van der Waals surface area (Å²) in [4.78, 5) is 0. The van der Waals surface area contributed by atoms with Crippen molar-refractivity contribution in [1.29, 1.82) is 0 Å². The number of nitrogens with zero attached hydrogens (tertiary/aromatic N) is 2. The summed E-state index contributed by atoms with van der Waals surface area (Å²) >= 11 is 0. The van der Waals surface area contributed by atoms with Crippen LogP contribution < -0.4 is 5.73 Å². The van der Waals surface area contributed by atoms with Crippen LogP contribution in [0.15, 0.2) is 6.07 Å². The lowest BCUT2D eigenvalue weighted by Gasteiger charge is -2.23. The van der Waals surface area contributed by atoms with Crippen molar-refractivity contribution < 1.29 is 0 Å². The second kappa shape index (κ2) is 3.73. The number of aryl methyl sites for hydroxylation is 1. The summed E-state index contributed by atoms with van der Waals surface area (Å²) in [5, 5.41) is 4.56. The molecule has 0 radical (unpaired) electrons. The van der Waals surface area contributed by atoms with E-state index in [2.05, 4.69) is 38.9 Å². The fourth-order valence-electron chi connectivity index (χ4n) is 1.48. The van der Waals surface area contributed by atoms with Crippen LogP contribution in [0.3, 0.4) is 0 Å². The highest BCUT2D eigenvalue weighted by Crippen LogP contribution is 2.21. The molecule has 0 aromatic carbocycles. The molecule has 0 saturated heterocycles. The Labute approximate surface area is 86.3 Å². The third kappa shape index (κ3) is 2.15. The predicted octanol–water partition coefficient (Wildman–Crippen LogP) is 2.22. The van der Waals surface area contributed by atoms with Crippen LogP contribution in [0, 0.1) is 0 Å². The summed E-state index contributed by atoms with van der Waals surface area (Å²) in [5.74, 6) is 0. The van der Waals surface area contributed by atoms with E-state index in [1.807, 2.05) is 11.6 Å². The van der Waals surface area contributed by atoms with Gasteiger partial charge >= 0.3 is 0 Å². The molecule has 2 N–H and O–H groups in total. The second-order valence-corrected chi connectivity index (χ2v) is 4.79. The van der Waals surface area contributed by atoms with Gasteiger partial charge in [-0.25, -0.2) is 0 Å². The molecule has 0 aliphatic rings. The minimum atomic E-state index is 0.0103. The number of aromatic nitrogens is 2. The number of hydrogen-bond acceptors (Lipinski definition) is 2. The van der Waals surface area contributed by atoms with E-state index >= 15 is 0 Å². The Morgan fingerprint density at radius 1 is 1.50 bits per heavy atom. The van der Waals surface area contributed by atoms with Gasteiger partial charge in [0.05, 0.1) is 16.9 Å². The lowest BCUT2D eigenvalue weighted by Crippen LogP contribution is -2.27. The summed E-state index contributed by atoms with van der Waals surface area (Å²) in [6.45, 7) is 10.5. The standard InChI is InChI=1S/C11H21N3/c1-6-9-7-10(8(2)12)14(13-9)11(3,4)5/h7-8H,6,12H2,1-5H3. The fraction of sp³-hybridized carbons (Fsp3) is 0.727. The van der Waals surface area contributed by atoms with Gasteiger partial charge in [-0.15, -0.1) is 0 Å². The Kier molecular flexibility index (Phi) is 3.00. The molecule has 0 bridgehead atoms. The van der Waals surface area contributed by atoms with Crippen molar-refractivity contribution in [3.05, 3.63) is 17.5 Å². The molecule has 3 heteroatoms. The number of nitrogens with two attached hydrogens (primary N) is 1. The van der Waals surface area contributed by atoms with Gasteiger partial charge in [0.15, 0.2) is 0 Å².